The Morgan fingerprint density at radius 2 is 1.52 bits per heavy atom. The number of hydrogen-bond acceptors (Lipinski definition) is 2. The van der Waals surface area contributed by atoms with Gasteiger partial charge in [-0.1, -0.05) is 76.6 Å². The molecule has 0 saturated heterocycles. The second-order valence-corrected chi connectivity index (χ2v) is 9.20. The zero-order chi connectivity index (χ0) is 18.9. The standard InChI is InChI=1S/C20H35O4P/c1-17-13-14-18(19(16-17)20(2,3)4)12-10-8-6-5-7-9-11-15-24-25(21,22)23/h13-14,16H,5-12,15H2,1-4H3,(H2,21,22,23). The van der Waals surface area contributed by atoms with Crippen LogP contribution in [-0.4, -0.2) is 16.4 Å². The van der Waals surface area contributed by atoms with E-state index in [0.717, 1.165) is 19.3 Å². The lowest BCUT2D eigenvalue weighted by Gasteiger charge is -2.23. The first kappa shape index (κ1) is 22.4. The predicted molar refractivity (Wildman–Crippen MR) is 104 cm³/mol. The number of aryl methyl sites for hydroxylation is 2. The van der Waals surface area contributed by atoms with Crippen molar-refractivity contribution < 1.29 is 18.9 Å². The molecule has 25 heavy (non-hydrogen) atoms. The fourth-order valence-electron chi connectivity index (χ4n) is 3.09. The van der Waals surface area contributed by atoms with Gasteiger partial charge < -0.3 is 9.79 Å². The van der Waals surface area contributed by atoms with E-state index >= 15 is 0 Å². The highest BCUT2D eigenvalue weighted by molar-refractivity contribution is 7.46. The van der Waals surface area contributed by atoms with Crippen LogP contribution in [-0.2, 0) is 20.9 Å². The molecule has 0 aliphatic rings. The van der Waals surface area contributed by atoms with Crippen molar-refractivity contribution in [2.24, 2.45) is 0 Å². The van der Waals surface area contributed by atoms with E-state index in [2.05, 4.69) is 50.4 Å². The van der Waals surface area contributed by atoms with E-state index in [0.29, 0.717) is 6.42 Å². The Labute approximate surface area is 153 Å². The zero-order valence-corrected chi connectivity index (χ0v) is 17.1. The van der Waals surface area contributed by atoms with Crippen molar-refractivity contribution in [3.05, 3.63) is 34.9 Å². The molecule has 0 amide bonds. The Kier molecular flexibility index (Phi) is 9.37. The number of rotatable bonds is 11. The molecule has 144 valence electrons. The second kappa shape index (κ2) is 10.5. The Balaban J connectivity index is 2.17. The molecule has 0 aromatic heterocycles. The molecule has 1 aromatic carbocycles. The molecule has 0 aliphatic carbocycles. The molecule has 0 radical (unpaired) electrons. The minimum absolute atomic E-state index is 0.146. The summed E-state index contributed by atoms with van der Waals surface area (Å²) in [6.45, 7) is 9.14. The average molecular weight is 370 g/mol. The van der Waals surface area contributed by atoms with Gasteiger partial charge in [-0.15, -0.1) is 0 Å². The monoisotopic (exact) mass is 370 g/mol. The molecule has 1 aromatic rings. The normalized spacial score (nSPS) is 12.6. The van der Waals surface area contributed by atoms with E-state index in [-0.39, 0.29) is 12.0 Å². The lowest BCUT2D eigenvalue weighted by atomic mass is 9.81. The van der Waals surface area contributed by atoms with Gasteiger partial charge in [0.05, 0.1) is 6.61 Å². The van der Waals surface area contributed by atoms with Crippen LogP contribution in [0.15, 0.2) is 18.2 Å². The first-order valence-electron chi connectivity index (χ1n) is 9.40. The summed E-state index contributed by atoms with van der Waals surface area (Å²) >= 11 is 0. The molecule has 1 rings (SSSR count). The molecule has 4 nitrogen and oxygen atoms in total. The first-order valence-corrected chi connectivity index (χ1v) is 10.9. The van der Waals surface area contributed by atoms with Gasteiger partial charge in [0.25, 0.3) is 0 Å². The van der Waals surface area contributed by atoms with Crippen LogP contribution >= 0.6 is 7.82 Å². The van der Waals surface area contributed by atoms with Crippen molar-refractivity contribution >= 4 is 7.82 Å². The Morgan fingerprint density at radius 3 is 2.08 bits per heavy atom. The van der Waals surface area contributed by atoms with Gasteiger partial charge in [0.1, 0.15) is 0 Å². The quantitative estimate of drug-likeness (QED) is 0.389. The molecule has 5 heteroatoms. The van der Waals surface area contributed by atoms with Crippen LogP contribution in [0.4, 0.5) is 0 Å². The van der Waals surface area contributed by atoms with Gasteiger partial charge in [-0.25, -0.2) is 4.57 Å². The molecule has 0 saturated carbocycles. The van der Waals surface area contributed by atoms with Crippen molar-refractivity contribution in [3.8, 4) is 0 Å². The van der Waals surface area contributed by atoms with E-state index in [1.54, 1.807) is 0 Å². The molecule has 0 unspecified atom stereocenters. The lowest BCUT2D eigenvalue weighted by molar-refractivity contribution is 0.193. The molecular weight excluding hydrogens is 335 g/mol. The summed E-state index contributed by atoms with van der Waals surface area (Å²) in [6.07, 6.45) is 8.76. The van der Waals surface area contributed by atoms with Gasteiger partial charge in [0.15, 0.2) is 0 Å². The van der Waals surface area contributed by atoms with E-state index < -0.39 is 7.82 Å². The Morgan fingerprint density at radius 1 is 0.960 bits per heavy atom. The van der Waals surface area contributed by atoms with Crippen LogP contribution in [0.5, 0.6) is 0 Å². The van der Waals surface area contributed by atoms with Crippen LogP contribution in [0.2, 0.25) is 0 Å². The third kappa shape index (κ3) is 10.2. The summed E-state index contributed by atoms with van der Waals surface area (Å²) < 4.78 is 15.0. The zero-order valence-electron chi connectivity index (χ0n) is 16.3. The number of hydrogen-bond donors (Lipinski definition) is 2. The highest BCUT2D eigenvalue weighted by Crippen LogP contribution is 2.35. The molecule has 0 heterocycles. The third-order valence-corrected chi connectivity index (χ3v) is 4.94. The maximum absolute atomic E-state index is 10.5. The predicted octanol–water partition coefficient (Wildman–Crippen LogP) is 5.68. The number of benzene rings is 1. The summed E-state index contributed by atoms with van der Waals surface area (Å²) in [5.74, 6) is 0. The maximum Gasteiger partial charge on any atom is 0.469 e. The summed E-state index contributed by atoms with van der Waals surface area (Å²) in [5.41, 5.74) is 4.47. The van der Waals surface area contributed by atoms with Crippen LogP contribution in [0.3, 0.4) is 0 Å². The summed E-state index contributed by atoms with van der Waals surface area (Å²) in [5, 5.41) is 0. The number of phosphoric ester groups is 1. The molecule has 2 N–H and O–H groups in total. The van der Waals surface area contributed by atoms with E-state index in [1.807, 2.05) is 0 Å². The summed E-state index contributed by atoms with van der Waals surface area (Å²) in [7, 11) is -4.28. The van der Waals surface area contributed by atoms with Gasteiger partial charge in [0, 0.05) is 0 Å². The van der Waals surface area contributed by atoms with Gasteiger partial charge in [-0.3, -0.25) is 4.52 Å². The fraction of sp³-hybridized carbons (Fsp3) is 0.700. The second-order valence-electron chi connectivity index (χ2n) is 7.96. The molecule has 0 bridgehead atoms. The molecule has 0 atom stereocenters. The van der Waals surface area contributed by atoms with Crippen molar-refractivity contribution in [2.45, 2.75) is 84.5 Å². The van der Waals surface area contributed by atoms with Crippen molar-refractivity contribution in [1.82, 2.24) is 0 Å². The van der Waals surface area contributed by atoms with Crippen LogP contribution in [0.25, 0.3) is 0 Å². The molecule has 0 spiro atoms. The van der Waals surface area contributed by atoms with Gasteiger partial charge in [-0.05, 0) is 42.7 Å². The molecule has 0 fully saturated rings. The molecule has 0 aliphatic heterocycles. The number of unbranched alkanes of at least 4 members (excludes halogenated alkanes) is 6. The smallest absolute Gasteiger partial charge is 0.303 e. The summed E-state index contributed by atoms with van der Waals surface area (Å²) in [6, 6.07) is 6.83. The van der Waals surface area contributed by atoms with Crippen molar-refractivity contribution in [3.63, 3.8) is 0 Å². The van der Waals surface area contributed by atoms with Gasteiger partial charge >= 0.3 is 7.82 Å². The lowest BCUT2D eigenvalue weighted by Crippen LogP contribution is -2.14. The highest BCUT2D eigenvalue weighted by atomic mass is 31.2. The van der Waals surface area contributed by atoms with E-state index in [9.17, 15) is 4.57 Å². The van der Waals surface area contributed by atoms with Crippen LogP contribution in [0, 0.1) is 6.92 Å². The average Bonchev–Trinajstić information content (AvgIpc) is 2.48. The fourth-order valence-corrected chi connectivity index (χ4v) is 3.46. The minimum Gasteiger partial charge on any atom is -0.303 e. The van der Waals surface area contributed by atoms with E-state index in [1.165, 1.54) is 42.4 Å². The largest absolute Gasteiger partial charge is 0.469 e. The Hall–Kier alpha value is -0.670. The van der Waals surface area contributed by atoms with Gasteiger partial charge in [-0.2, -0.15) is 0 Å². The Bertz CT molecular complexity index is 557. The van der Waals surface area contributed by atoms with Crippen molar-refractivity contribution in [2.75, 3.05) is 6.61 Å². The van der Waals surface area contributed by atoms with Crippen LogP contribution in [0.1, 0.15) is 82.4 Å². The maximum atomic E-state index is 10.5. The van der Waals surface area contributed by atoms with Crippen LogP contribution < -0.4 is 0 Å². The third-order valence-electron chi connectivity index (χ3n) is 4.42. The first-order chi connectivity index (χ1) is 11.6. The number of phosphoric acid groups is 1. The van der Waals surface area contributed by atoms with Gasteiger partial charge in [0.2, 0.25) is 0 Å². The highest BCUT2D eigenvalue weighted by Gasteiger charge is 2.17. The topological polar surface area (TPSA) is 66.8 Å². The molecular formula is C20H35O4P. The SMILES string of the molecule is Cc1ccc(CCCCCCCCCOP(=O)(O)O)c(C(C)(C)C)c1. The summed E-state index contributed by atoms with van der Waals surface area (Å²) in [4.78, 5) is 17.2. The van der Waals surface area contributed by atoms with E-state index in [4.69, 9.17) is 9.79 Å². The minimum atomic E-state index is -4.28. The van der Waals surface area contributed by atoms with Crippen molar-refractivity contribution in [1.29, 1.82) is 0 Å².